The summed E-state index contributed by atoms with van der Waals surface area (Å²) in [5.74, 6) is 1.20. The van der Waals surface area contributed by atoms with Gasteiger partial charge in [-0.15, -0.1) is 0 Å². The van der Waals surface area contributed by atoms with Crippen molar-refractivity contribution in [3.63, 3.8) is 0 Å². The van der Waals surface area contributed by atoms with Gasteiger partial charge in [0.15, 0.2) is 11.5 Å². The van der Waals surface area contributed by atoms with Gasteiger partial charge in [0.2, 0.25) is 5.91 Å². The molecule has 5 rings (SSSR count). The standard InChI is InChI=1S/C22H21N5OS/c28-21(12-16-7-11-29-15-16)26-10-1-2-19(13-26)22-24-20-4-3-18(14-27(20)25-22)17-5-8-23-9-6-17/h3-9,11,14-15,19H,1-2,10,12-13H2/t19-/m0/s1. The van der Waals surface area contributed by atoms with Crippen molar-refractivity contribution in [3.8, 4) is 11.1 Å². The number of piperidine rings is 1. The van der Waals surface area contributed by atoms with Crippen LogP contribution in [0.25, 0.3) is 16.8 Å². The van der Waals surface area contributed by atoms with E-state index in [0.717, 1.165) is 47.5 Å². The summed E-state index contributed by atoms with van der Waals surface area (Å²) < 4.78 is 1.84. The summed E-state index contributed by atoms with van der Waals surface area (Å²) in [6, 6.07) is 10.0. The van der Waals surface area contributed by atoms with E-state index in [4.69, 9.17) is 10.1 Å². The molecule has 1 saturated heterocycles. The van der Waals surface area contributed by atoms with E-state index in [0.29, 0.717) is 13.0 Å². The predicted molar refractivity (Wildman–Crippen MR) is 113 cm³/mol. The van der Waals surface area contributed by atoms with Crippen LogP contribution in [0.15, 0.2) is 59.7 Å². The molecule has 4 aromatic rings. The second-order valence-corrected chi connectivity index (χ2v) is 8.19. The Bertz CT molecular complexity index is 1120. The molecular formula is C22H21N5OS. The number of nitrogens with zero attached hydrogens (tertiary/aromatic N) is 5. The maximum absolute atomic E-state index is 12.7. The fourth-order valence-electron chi connectivity index (χ4n) is 3.88. The second kappa shape index (κ2) is 7.75. The summed E-state index contributed by atoms with van der Waals surface area (Å²) in [4.78, 5) is 23.5. The highest BCUT2D eigenvalue weighted by molar-refractivity contribution is 7.08. The molecule has 0 radical (unpaired) electrons. The van der Waals surface area contributed by atoms with E-state index in [2.05, 4.69) is 11.1 Å². The van der Waals surface area contributed by atoms with Gasteiger partial charge in [0, 0.05) is 43.2 Å². The number of amides is 1. The lowest BCUT2D eigenvalue weighted by molar-refractivity contribution is -0.131. The number of carbonyl (C=O) groups excluding carboxylic acids is 1. The SMILES string of the molecule is O=C(Cc1ccsc1)N1CCC[C@H](c2nc3ccc(-c4ccncc4)cn3n2)C1. The van der Waals surface area contributed by atoms with Crippen molar-refractivity contribution in [2.45, 2.75) is 25.2 Å². The van der Waals surface area contributed by atoms with E-state index in [1.165, 1.54) is 0 Å². The van der Waals surface area contributed by atoms with E-state index >= 15 is 0 Å². The maximum atomic E-state index is 12.7. The molecule has 0 bridgehead atoms. The highest BCUT2D eigenvalue weighted by Gasteiger charge is 2.27. The summed E-state index contributed by atoms with van der Waals surface area (Å²) in [7, 11) is 0. The lowest BCUT2D eigenvalue weighted by atomic mass is 9.97. The predicted octanol–water partition coefficient (Wildman–Crippen LogP) is 3.80. The molecule has 1 atom stereocenters. The van der Waals surface area contributed by atoms with E-state index < -0.39 is 0 Å². The van der Waals surface area contributed by atoms with Gasteiger partial charge in [-0.3, -0.25) is 9.78 Å². The first-order chi connectivity index (χ1) is 14.3. The van der Waals surface area contributed by atoms with Crippen molar-refractivity contribution in [1.82, 2.24) is 24.5 Å². The normalized spacial score (nSPS) is 17.0. The largest absolute Gasteiger partial charge is 0.342 e. The third kappa shape index (κ3) is 3.78. The Morgan fingerprint density at radius 3 is 2.86 bits per heavy atom. The Morgan fingerprint density at radius 1 is 1.14 bits per heavy atom. The van der Waals surface area contributed by atoms with Crippen molar-refractivity contribution >= 4 is 22.9 Å². The van der Waals surface area contributed by atoms with E-state index in [-0.39, 0.29) is 11.8 Å². The summed E-state index contributed by atoms with van der Waals surface area (Å²) in [5, 5.41) is 8.81. The molecule has 0 unspecified atom stereocenters. The first kappa shape index (κ1) is 18.0. The zero-order chi connectivity index (χ0) is 19.6. The zero-order valence-electron chi connectivity index (χ0n) is 15.9. The van der Waals surface area contributed by atoms with Gasteiger partial charge in [0.05, 0.1) is 6.42 Å². The van der Waals surface area contributed by atoms with E-state index in [1.54, 1.807) is 23.7 Å². The van der Waals surface area contributed by atoms with Crippen molar-refractivity contribution < 1.29 is 4.79 Å². The number of likely N-dealkylation sites (tertiary alicyclic amines) is 1. The molecule has 6 nitrogen and oxygen atoms in total. The second-order valence-electron chi connectivity index (χ2n) is 7.41. The molecule has 7 heteroatoms. The smallest absolute Gasteiger partial charge is 0.227 e. The van der Waals surface area contributed by atoms with Crippen LogP contribution in [0.3, 0.4) is 0 Å². The highest BCUT2D eigenvalue weighted by atomic mass is 32.1. The maximum Gasteiger partial charge on any atom is 0.227 e. The molecule has 0 saturated carbocycles. The molecule has 1 aliphatic rings. The van der Waals surface area contributed by atoms with Crippen molar-refractivity contribution in [3.05, 3.63) is 71.1 Å². The average Bonchev–Trinajstić information content (AvgIpc) is 3.43. The van der Waals surface area contributed by atoms with Crippen LogP contribution >= 0.6 is 11.3 Å². The van der Waals surface area contributed by atoms with Crippen molar-refractivity contribution in [2.75, 3.05) is 13.1 Å². The average molecular weight is 404 g/mol. The summed E-state index contributed by atoms with van der Waals surface area (Å²) >= 11 is 1.63. The fraction of sp³-hybridized carbons (Fsp3) is 0.273. The van der Waals surface area contributed by atoms with Crippen molar-refractivity contribution in [1.29, 1.82) is 0 Å². The van der Waals surface area contributed by atoms with Crippen LogP contribution in [0.4, 0.5) is 0 Å². The summed E-state index contributed by atoms with van der Waals surface area (Å²) in [5.41, 5.74) is 4.10. The number of aromatic nitrogens is 4. The summed E-state index contributed by atoms with van der Waals surface area (Å²) in [6.07, 6.45) is 8.05. The lowest BCUT2D eigenvalue weighted by Gasteiger charge is -2.31. The highest BCUT2D eigenvalue weighted by Crippen LogP contribution is 2.26. The topological polar surface area (TPSA) is 63.4 Å². The van der Waals surface area contributed by atoms with Gasteiger partial charge in [-0.2, -0.15) is 16.4 Å². The van der Waals surface area contributed by atoms with Crippen LogP contribution in [0, 0.1) is 0 Å². The quantitative estimate of drug-likeness (QED) is 0.520. The molecule has 0 N–H and O–H groups in total. The first-order valence-corrected chi connectivity index (χ1v) is 10.8. The fourth-order valence-corrected chi connectivity index (χ4v) is 4.55. The van der Waals surface area contributed by atoms with Gasteiger partial charge in [0.25, 0.3) is 0 Å². The number of rotatable bonds is 4. The lowest BCUT2D eigenvalue weighted by Crippen LogP contribution is -2.40. The molecule has 0 aliphatic carbocycles. The monoisotopic (exact) mass is 403 g/mol. The number of carbonyl (C=O) groups is 1. The third-order valence-corrected chi connectivity index (χ3v) is 6.17. The van der Waals surface area contributed by atoms with E-state index in [9.17, 15) is 4.79 Å². The Balaban J connectivity index is 1.35. The Morgan fingerprint density at radius 2 is 2.03 bits per heavy atom. The Hall–Kier alpha value is -3.06. The molecule has 1 fully saturated rings. The summed E-state index contributed by atoms with van der Waals surface area (Å²) in [6.45, 7) is 1.51. The number of hydrogen-bond acceptors (Lipinski definition) is 5. The van der Waals surface area contributed by atoms with Crippen LogP contribution < -0.4 is 0 Å². The first-order valence-electron chi connectivity index (χ1n) is 9.82. The van der Waals surface area contributed by atoms with Gasteiger partial charge >= 0.3 is 0 Å². The number of hydrogen-bond donors (Lipinski definition) is 0. The molecular weight excluding hydrogens is 382 g/mol. The number of pyridine rings is 2. The van der Waals surface area contributed by atoms with Gasteiger partial charge < -0.3 is 4.90 Å². The molecule has 1 amide bonds. The van der Waals surface area contributed by atoms with Gasteiger partial charge in [-0.05, 0) is 65.1 Å². The Labute approximate surface area is 172 Å². The minimum atomic E-state index is 0.180. The van der Waals surface area contributed by atoms with Crippen LogP contribution in [0.1, 0.15) is 30.1 Å². The van der Waals surface area contributed by atoms with E-state index in [1.807, 2.05) is 50.6 Å². The van der Waals surface area contributed by atoms with Crippen LogP contribution in [-0.2, 0) is 11.2 Å². The molecule has 0 spiro atoms. The zero-order valence-corrected chi connectivity index (χ0v) is 16.8. The van der Waals surface area contributed by atoms with Crippen LogP contribution in [0.5, 0.6) is 0 Å². The molecule has 29 heavy (non-hydrogen) atoms. The minimum absolute atomic E-state index is 0.180. The van der Waals surface area contributed by atoms with Gasteiger partial charge in [-0.25, -0.2) is 9.50 Å². The van der Waals surface area contributed by atoms with Crippen molar-refractivity contribution in [2.24, 2.45) is 0 Å². The third-order valence-electron chi connectivity index (χ3n) is 5.44. The molecule has 1 aliphatic heterocycles. The minimum Gasteiger partial charge on any atom is -0.342 e. The van der Waals surface area contributed by atoms with Gasteiger partial charge in [-0.1, -0.05) is 0 Å². The molecule has 146 valence electrons. The Kier molecular flexibility index (Phi) is 4.81. The van der Waals surface area contributed by atoms with Gasteiger partial charge in [0.1, 0.15) is 0 Å². The molecule has 4 aromatic heterocycles. The number of thiophene rings is 1. The number of fused-ring (bicyclic) bond motifs is 1. The molecule has 0 aromatic carbocycles. The molecule has 5 heterocycles. The van der Waals surface area contributed by atoms with Crippen LogP contribution in [0.2, 0.25) is 0 Å². The van der Waals surface area contributed by atoms with Crippen LogP contribution in [-0.4, -0.2) is 43.5 Å².